The first-order chi connectivity index (χ1) is 11.0. The van der Waals surface area contributed by atoms with Crippen molar-refractivity contribution < 1.29 is 34.8 Å². The maximum absolute atomic E-state index is 10.3. The highest BCUT2D eigenvalue weighted by atomic mass is 16.4. The topological polar surface area (TPSA) is 215 Å². The number of nitrogen functional groups attached to an aromatic ring is 1. The van der Waals surface area contributed by atoms with E-state index in [-0.39, 0.29) is 0 Å². The second-order valence-electron chi connectivity index (χ2n) is 4.65. The number of aromatic amines is 1. The summed E-state index contributed by atoms with van der Waals surface area (Å²) in [6.07, 6.45) is -0.817. The SMILES string of the molecule is CN(C)N=Nc1nc[nH]c1N.O=C(O)CC(O)(CC(=O)O)C(=O)O. The number of carboxylic acids is 3. The third kappa shape index (κ3) is 7.69. The van der Waals surface area contributed by atoms with E-state index in [1.54, 1.807) is 19.1 Å². The number of carboxylic acid groups (broad SMARTS) is 3. The van der Waals surface area contributed by atoms with Crippen LogP contribution in [-0.2, 0) is 14.4 Å². The molecule has 1 rings (SSSR count). The van der Waals surface area contributed by atoms with Crippen molar-refractivity contribution in [2.45, 2.75) is 18.4 Å². The molecule has 7 N–H and O–H groups in total. The summed E-state index contributed by atoms with van der Waals surface area (Å²) in [5.41, 5.74) is 2.70. The fraction of sp³-hybridized carbons (Fsp3) is 0.455. The van der Waals surface area contributed by atoms with Gasteiger partial charge in [0.05, 0.1) is 19.2 Å². The second kappa shape index (κ2) is 9.04. The molecule has 0 saturated carbocycles. The monoisotopic (exact) mass is 346 g/mol. The van der Waals surface area contributed by atoms with Crippen molar-refractivity contribution in [1.29, 1.82) is 0 Å². The number of aliphatic hydroxyl groups is 1. The molecule has 0 aliphatic rings. The minimum absolute atomic E-state index is 0.415. The van der Waals surface area contributed by atoms with Crippen LogP contribution in [0.5, 0.6) is 0 Å². The van der Waals surface area contributed by atoms with Crippen LogP contribution in [0.1, 0.15) is 12.8 Å². The first-order valence-corrected chi connectivity index (χ1v) is 6.25. The van der Waals surface area contributed by atoms with E-state index < -0.39 is 36.4 Å². The van der Waals surface area contributed by atoms with Crippen LogP contribution in [0.4, 0.5) is 11.6 Å². The maximum Gasteiger partial charge on any atom is 0.336 e. The zero-order chi connectivity index (χ0) is 18.9. The molecule has 0 aliphatic heterocycles. The van der Waals surface area contributed by atoms with E-state index in [0.717, 1.165) is 0 Å². The summed E-state index contributed by atoms with van der Waals surface area (Å²) in [5.74, 6) is -4.18. The highest BCUT2D eigenvalue weighted by molar-refractivity contribution is 5.88. The first-order valence-electron chi connectivity index (χ1n) is 6.25. The highest BCUT2D eigenvalue weighted by Gasteiger charge is 2.40. The standard InChI is InChI=1S/C6H8O7.C5H10N6/c7-3(8)1-6(13,5(11)12)2-4(9)10;1-11(2)10-9-5-4(6)7-3-8-5/h13H,1-2H2,(H,7,8)(H,9,10)(H,11,12);3H,6H2,1-2H3,(H,7,8). The Hall–Kier alpha value is -3.22. The molecule has 0 unspecified atom stereocenters. The van der Waals surface area contributed by atoms with Crippen molar-refractivity contribution in [3.63, 3.8) is 0 Å². The van der Waals surface area contributed by atoms with Crippen LogP contribution in [0.25, 0.3) is 0 Å². The Labute approximate surface area is 135 Å². The number of nitrogens with one attached hydrogen (secondary N) is 1. The van der Waals surface area contributed by atoms with Gasteiger partial charge in [0.25, 0.3) is 0 Å². The van der Waals surface area contributed by atoms with Gasteiger partial charge in [-0.25, -0.2) is 9.78 Å². The van der Waals surface area contributed by atoms with Crippen LogP contribution >= 0.6 is 0 Å². The molecule has 0 saturated heterocycles. The van der Waals surface area contributed by atoms with Crippen molar-refractivity contribution in [3.8, 4) is 0 Å². The van der Waals surface area contributed by atoms with Gasteiger partial charge in [0.1, 0.15) is 5.82 Å². The lowest BCUT2D eigenvalue weighted by Gasteiger charge is -2.18. The summed E-state index contributed by atoms with van der Waals surface area (Å²) in [6.45, 7) is 0. The van der Waals surface area contributed by atoms with Crippen LogP contribution in [0.3, 0.4) is 0 Å². The van der Waals surface area contributed by atoms with E-state index in [1.165, 1.54) is 6.33 Å². The van der Waals surface area contributed by atoms with Crippen LogP contribution < -0.4 is 5.73 Å². The number of hydrogen-bond donors (Lipinski definition) is 6. The van der Waals surface area contributed by atoms with Crippen LogP contribution in [0, 0.1) is 0 Å². The van der Waals surface area contributed by atoms with Crippen LogP contribution in [0.2, 0.25) is 0 Å². The van der Waals surface area contributed by atoms with Crippen LogP contribution in [0.15, 0.2) is 16.7 Å². The largest absolute Gasteiger partial charge is 0.481 e. The molecule has 0 aliphatic carbocycles. The quantitative estimate of drug-likeness (QED) is 0.269. The van der Waals surface area contributed by atoms with Gasteiger partial charge in [-0.15, -0.1) is 5.11 Å². The zero-order valence-electron chi connectivity index (χ0n) is 12.9. The predicted molar refractivity (Wildman–Crippen MR) is 78.3 cm³/mol. The summed E-state index contributed by atoms with van der Waals surface area (Å²) >= 11 is 0. The molecule has 0 aromatic carbocycles. The number of anilines is 1. The third-order valence-corrected chi connectivity index (χ3v) is 2.25. The molecule has 13 nitrogen and oxygen atoms in total. The number of hydrogen-bond acceptors (Lipinski definition) is 8. The Balaban J connectivity index is 0.000000446. The molecule has 0 bridgehead atoms. The Morgan fingerprint density at radius 2 is 1.75 bits per heavy atom. The minimum atomic E-state index is -2.74. The van der Waals surface area contributed by atoms with Crippen molar-refractivity contribution in [2.24, 2.45) is 10.3 Å². The smallest absolute Gasteiger partial charge is 0.336 e. The van der Waals surface area contributed by atoms with Gasteiger partial charge in [-0.3, -0.25) is 14.6 Å². The summed E-state index contributed by atoms with van der Waals surface area (Å²) in [4.78, 5) is 37.0. The lowest BCUT2D eigenvalue weighted by Crippen LogP contribution is -2.42. The van der Waals surface area contributed by atoms with E-state index in [9.17, 15) is 14.4 Å². The molecule has 134 valence electrons. The lowest BCUT2D eigenvalue weighted by atomic mass is 9.96. The molecule has 0 spiro atoms. The average molecular weight is 346 g/mol. The molecule has 1 heterocycles. The molecule has 1 aromatic heterocycles. The number of rotatable bonds is 7. The number of nitrogens with zero attached hydrogens (tertiary/aromatic N) is 4. The fourth-order valence-corrected chi connectivity index (χ4v) is 1.22. The van der Waals surface area contributed by atoms with Crippen molar-refractivity contribution >= 4 is 29.5 Å². The van der Waals surface area contributed by atoms with Gasteiger partial charge >= 0.3 is 17.9 Å². The van der Waals surface area contributed by atoms with Gasteiger partial charge in [0, 0.05) is 14.1 Å². The average Bonchev–Trinajstić information content (AvgIpc) is 2.80. The molecule has 0 amide bonds. The van der Waals surface area contributed by atoms with E-state index in [0.29, 0.717) is 11.6 Å². The van der Waals surface area contributed by atoms with Crippen LogP contribution in [-0.4, -0.2) is 73.0 Å². The summed E-state index contributed by atoms with van der Waals surface area (Å²) in [7, 11) is 3.54. The number of imidazole rings is 1. The fourth-order valence-electron chi connectivity index (χ4n) is 1.22. The molecule has 0 fully saturated rings. The van der Waals surface area contributed by atoms with Gasteiger partial charge in [-0.2, -0.15) is 0 Å². The van der Waals surface area contributed by atoms with E-state index >= 15 is 0 Å². The Morgan fingerprint density at radius 1 is 1.25 bits per heavy atom. The van der Waals surface area contributed by atoms with Crippen molar-refractivity contribution in [1.82, 2.24) is 15.0 Å². The summed E-state index contributed by atoms with van der Waals surface area (Å²) < 4.78 is 0. The number of aliphatic carboxylic acids is 3. The molecule has 0 radical (unpaired) electrons. The van der Waals surface area contributed by atoms with E-state index in [1.807, 2.05) is 0 Å². The molecular weight excluding hydrogens is 328 g/mol. The predicted octanol–water partition coefficient (Wildman–Crippen LogP) is -0.696. The molecular formula is C11H18N6O7. The number of H-pyrrole nitrogens is 1. The van der Waals surface area contributed by atoms with Gasteiger partial charge < -0.3 is 31.1 Å². The number of nitrogens with two attached hydrogens (primary N) is 1. The van der Waals surface area contributed by atoms with E-state index in [4.69, 9.17) is 26.2 Å². The minimum Gasteiger partial charge on any atom is -0.481 e. The Kier molecular flexibility index (Phi) is 7.83. The van der Waals surface area contributed by atoms with Crippen molar-refractivity contribution in [2.75, 3.05) is 19.8 Å². The second-order valence-corrected chi connectivity index (χ2v) is 4.65. The summed E-state index contributed by atoms with van der Waals surface area (Å²) in [5, 5.41) is 42.8. The van der Waals surface area contributed by atoms with Gasteiger partial charge in [0.15, 0.2) is 5.60 Å². The van der Waals surface area contributed by atoms with Gasteiger partial charge in [-0.1, -0.05) is 5.22 Å². The van der Waals surface area contributed by atoms with E-state index in [2.05, 4.69) is 20.3 Å². The third-order valence-electron chi connectivity index (χ3n) is 2.25. The van der Waals surface area contributed by atoms with Gasteiger partial charge in [0.2, 0.25) is 5.82 Å². The summed E-state index contributed by atoms with van der Waals surface area (Å²) in [6, 6.07) is 0. The Bertz CT molecular complexity index is 596. The molecule has 0 atom stereocenters. The lowest BCUT2D eigenvalue weighted by molar-refractivity contribution is -0.170. The number of carbonyl (C=O) groups is 3. The first kappa shape index (κ1) is 20.8. The highest BCUT2D eigenvalue weighted by Crippen LogP contribution is 2.16. The normalized spacial score (nSPS) is 10.8. The molecule has 24 heavy (non-hydrogen) atoms. The van der Waals surface area contributed by atoms with Crippen molar-refractivity contribution in [3.05, 3.63) is 6.33 Å². The zero-order valence-corrected chi connectivity index (χ0v) is 12.9. The molecule has 1 aromatic rings. The number of aromatic nitrogens is 2. The molecule has 13 heteroatoms. The maximum atomic E-state index is 10.3. The van der Waals surface area contributed by atoms with Gasteiger partial charge in [-0.05, 0) is 0 Å². The Morgan fingerprint density at radius 3 is 2.04 bits per heavy atom.